The Balaban J connectivity index is 1.32. The molecule has 0 radical (unpaired) electrons. The highest BCUT2D eigenvalue weighted by atomic mass is 14.9. The maximum atomic E-state index is 10.2. The third-order valence-corrected chi connectivity index (χ3v) is 10.4. The van der Waals surface area contributed by atoms with Crippen molar-refractivity contribution < 1.29 is 0 Å². The van der Waals surface area contributed by atoms with E-state index in [1.807, 2.05) is 6.92 Å². The average Bonchev–Trinajstić information content (AvgIpc) is 3.35. The van der Waals surface area contributed by atoms with Crippen molar-refractivity contribution in [1.29, 1.82) is 5.26 Å². The Kier molecular flexibility index (Phi) is 5.71. The maximum absolute atomic E-state index is 10.2. The number of hydrogen-bond acceptors (Lipinski definition) is 1. The summed E-state index contributed by atoms with van der Waals surface area (Å²) in [6, 6.07) is 4.84. The zero-order valence-electron chi connectivity index (χ0n) is 19.8. The maximum Gasteiger partial charge on any atom is 0.0677 e. The molecule has 0 aliphatic heterocycles. The van der Waals surface area contributed by atoms with Crippen molar-refractivity contribution >= 4 is 0 Å². The first kappa shape index (κ1) is 21.2. The van der Waals surface area contributed by atoms with Gasteiger partial charge in [-0.2, -0.15) is 5.26 Å². The van der Waals surface area contributed by atoms with Gasteiger partial charge in [-0.25, -0.2) is 0 Å². The molecule has 1 aromatic rings. The molecule has 2 nitrogen and oxygen atoms in total. The lowest BCUT2D eigenvalue weighted by Gasteiger charge is -2.56. The molecule has 0 aromatic carbocycles. The molecule has 1 heterocycles. The summed E-state index contributed by atoms with van der Waals surface area (Å²) in [5.41, 5.74) is 1.43. The Hall–Kier alpha value is -1.67. The van der Waals surface area contributed by atoms with E-state index in [1.165, 1.54) is 57.8 Å². The predicted octanol–water partition coefficient (Wildman–Crippen LogP) is 6.90. The van der Waals surface area contributed by atoms with Crippen LogP contribution in [0.1, 0.15) is 84.1 Å². The molecule has 0 spiro atoms. The van der Waals surface area contributed by atoms with E-state index in [1.54, 1.807) is 0 Å². The SMILES string of the molecule is CC#Cc1ccn(C[C@@H](C#N)[C@H]2CC[C@H]3[C@@H]4CC[C@@H]5C[C@@H](C)CC[C@@H]5[C@H]4CC[C@]23C)c1. The van der Waals surface area contributed by atoms with E-state index in [9.17, 15) is 5.26 Å². The standard InChI is InChI=1S/C29H40N2/c1-4-5-21-13-15-31(18-21)19-23(17-30)27-10-11-28-26-9-7-22-16-20(2)6-8-24(22)25(26)12-14-29(27,28)3/h13,15,18,20,22-28H,6-12,14,16,19H2,1-3H3/t20-,22+,23+,24-,25+,26+,27+,28-,29+/m0/s1. The minimum absolute atomic E-state index is 0.119. The molecule has 5 rings (SSSR count). The van der Waals surface area contributed by atoms with Gasteiger partial charge in [-0.05, 0) is 111 Å². The molecule has 166 valence electrons. The smallest absolute Gasteiger partial charge is 0.0677 e. The molecule has 0 saturated heterocycles. The quantitative estimate of drug-likeness (QED) is 0.492. The molecule has 4 aliphatic rings. The molecule has 9 atom stereocenters. The third-order valence-electron chi connectivity index (χ3n) is 10.4. The zero-order chi connectivity index (χ0) is 21.6. The van der Waals surface area contributed by atoms with E-state index >= 15 is 0 Å². The number of rotatable bonds is 3. The minimum Gasteiger partial charge on any atom is -0.352 e. The van der Waals surface area contributed by atoms with Crippen molar-refractivity contribution in [2.75, 3.05) is 0 Å². The molecular weight excluding hydrogens is 376 g/mol. The first-order chi connectivity index (χ1) is 15.0. The number of nitriles is 1. The van der Waals surface area contributed by atoms with Gasteiger partial charge in [0, 0.05) is 24.5 Å². The van der Waals surface area contributed by atoms with Crippen molar-refractivity contribution in [1.82, 2.24) is 4.57 Å². The van der Waals surface area contributed by atoms with E-state index in [0.717, 1.165) is 47.6 Å². The Morgan fingerprint density at radius 1 is 1.10 bits per heavy atom. The Bertz CT molecular complexity index is 894. The van der Waals surface area contributed by atoms with Crippen molar-refractivity contribution in [3.8, 4) is 17.9 Å². The number of hydrogen-bond donors (Lipinski definition) is 0. The highest BCUT2D eigenvalue weighted by Gasteiger charge is 2.58. The van der Waals surface area contributed by atoms with Gasteiger partial charge in [-0.3, -0.25) is 0 Å². The Morgan fingerprint density at radius 3 is 2.74 bits per heavy atom. The van der Waals surface area contributed by atoms with Crippen LogP contribution in [-0.4, -0.2) is 4.57 Å². The summed E-state index contributed by atoms with van der Waals surface area (Å²) >= 11 is 0. The van der Waals surface area contributed by atoms with Crippen LogP contribution in [0.25, 0.3) is 0 Å². The summed E-state index contributed by atoms with van der Waals surface area (Å²) in [7, 11) is 0. The average molecular weight is 417 g/mol. The molecule has 0 N–H and O–H groups in total. The number of fused-ring (bicyclic) bond motifs is 5. The van der Waals surface area contributed by atoms with Crippen LogP contribution in [0.15, 0.2) is 18.5 Å². The van der Waals surface area contributed by atoms with Crippen LogP contribution in [-0.2, 0) is 6.54 Å². The Morgan fingerprint density at radius 2 is 1.94 bits per heavy atom. The summed E-state index contributed by atoms with van der Waals surface area (Å²) in [5, 5.41) is 10.2. The highest BCUT2D eigenvalue weighted by molar-refractivity contribution is 5.31. The number of aromatic nitrogens is 1. The summed E-state index contributed by atoms with van der Waals surface area (Å²) in [6.45, 7) is 7.76. The van der Waals surface area contributed by atoms with Crippen LogP contribution in [0.4, 0.5) is 0 Å². The van der Waals surface area contributed by atoms with Crippen LogP contribution in [0, 0.1) is 75.9 Å². The summed E-state index contributed by atoms with van der Waals surface area (Å²) in [6.07, 6.45) is 17.1. The molecular formula is C29H40N2. The van der Waals surface area contributed by atoms with Crippen LogP contribution < -0.4 is 0 Å². The van der Waals surface area contributed by atoms with E-state index in [0.29, 0.717) is 11.3 Å². The fourth-order valence-corrected chi connectivity index (χ4v) is 9.05. The second-order valence-corrected chi connectivity index (χ2v) is 11.8. The van der Waals surface area contributed by atoms with Crippen LogP contribution in [0.3, 0.4) is 0 Å². The second-order valence-electron chi connectivity index (χ2n) is 11.8. The fourth-order valence-electron chi connectivity index (χ4n) is 9.05. The predicted molar refractivity (Wildman–Crippen MR) is 126 cm³/mol. The van der Waals surface area contributed by atoms with Gasteiger partial charge in [0.25, 0.3) is 0 Å². The largest absolute Gasteiger partial charge is 0.352 e. The molecule has 4 fully saturated rings. The summed E-state index contributed by atoms with van der Waals surface area (Å²) < 4.78 is 2.21. The topological polar surface area (TPSA) is 28.7 Å². The van der Waals surface area contributed by atoms with Gasteiger partial charge in [-0.15, -0.1) is 5.92 Å². The molecule has 1 aromatic heterocycles. The normalized spacial score (nSPS) is 42.3. The van der Waals surface area contributed by atoms with Crippen molar-refractivity contribution in [2.24, 2.45) is 52.8 Å². The van der Waals surface area contributed by atoms with Crippen molar-refractivity contribution in [2.45, 2.75) is 85.1 Å². The molecule has 2 heteroatoms. The van der Waals surface area contributed by atoms with Gasteiger partial charge in [0.15, 0.2) is 0 Å². The molecule has 4 saturated carbocycles. The monoisotopic (exact) mass is 416 g/mol. The summed E-state index contributed by atoms with van der Waals surface area (Å²) in [4.78, 5) is 0. The lowest BCUT2D eigenvalue weighted by Crippen LogP contribution is -2.49. The van der Waals surface area contributed by atoms with Crippen molar-refractivity contribution in [3.05, 3.63) is 24.0 Å². The first-order valence-corrected chi connectivity index (χ1v) is 13.0. The minimum atomic E-state index is 0.119. The van der Waals surface area contributed by atoms with Crippen LogP contribution in [0.5, 0.6) is 0 Å². The van der Waals surface area contributed by atoms with Crippen LogP contribution >= 0.6 is 0 Å². The van der Waals surface area contributed by atoms with E-state index in [2.05, 4.69) is 54.8 Å². The highest BCUT2D eigenvalue weighted by Crippen LogP contribution is 2.65. The molecule has 0 amide bonds. The van der Waals surface area contributed by atoms with Gasteiger partial charge >= 0.3 is 0 Å². The fraction of sp³-hybridized carbons (Fsp3) is 0.759. The number of nitrogens with zero attached hydrogens (tertiary/aromatic N) is 2. The van der Waals surface area contributed by atoms with Gasteiger partial charge in [0.05, 0.1) is 12.0 Å². The zero-order valence-corrected chi connectivity index (χ0v) is 19.8. The molecule has 0 bridgehead atoms. The third kappa shape index (κ3) is 3.65. The second kappa shape index (κ2) is 8.35. The lowest BCUT2D eigenvalue weighted by atomic mass is 9.49. The van der Waals surface area contributed by atoms with Gasteiger partial charge < -0.3 is 4.57 Å². The molecule has 0 unspecified atom stereocenters. The van der Waals surface area contributed by atoms with Crippen LogP contribution in [0.2, 0.25) is 0 Å². The Labute approximate surface area is 189 Å². The van der Waals surface area contributed by atoms with E-state index in [4.69, 9.17) is 0 Å². The van der Waals surface area contributed by atoms with Gasteiger partial charge in [-0.1, -0.05) is 26.2 Å². The molecule has 4 aliphatic carbocycles. The summed E-state index contributed by atoms with van der Waals surface area (Å²) in [5.74, 6) is 12.6. The van der Waals surface area contributed by atoms with Gasteiger partial charge in [0.2, 0.25) is 0 Å². The van der Waals surface area contributed by atoms with Gasteiger partial charge in [0.1, 0.15) is 0 Å². The first-order valence-electron chi connectivity index (χ1n) is 13.0. The molecule has 31 heavy (non-hydrogen) atoms. The van der Waals surface area contributed by atoms with Crippen molar-refractivity contribution in [3.63, 3.8) is 0 Å². The lowest BCUT2D eigenvalue weighted by molar-refractivity contribution is -0.0716. The van der Waals surface area contributed by atoms with E-state index < -0.39 is 0 Å². The van der Waals surface area contributed by atoms with E-state index in [-0.39, 0.29) is 5.92 Å².